The van der Waals surface area contributed by atoms with Gasteiger partial charge >= 0.3 is 0 Å². The molecule has 0 saturated carbocycles. The van der Waals surface area contributed by atoms with Crippen LogP contribution in [0.5, 0.6) is 0 Å². The van der Waals surface area contributed by atoms with Gasteiger partial charge in [0.15, 0.2) is 0 Å². The van der Waals surface area contributed by atoms with E-state index < -0.39 is 0 Å². The zero-order valence-electron chi connectivity index (χ0n) is 9.60. The molecule has 2 rings (SSSR count). The van der Waals surface area contributed by atoms with Crippen molar-refractivity contribution in [2.24, 2.45) is 0 Å². The molecule has 1 N–H and O–H groups in total. The lowest BCUT2D eigenvalue weighted by atomic mass is 10.0. The molecule has 2 heterocycles. The maximum absolute atomic E-state index is 4.23. The average molecular weight is 253 g/mol. The Hall–Kier alpha value is -0.780. The zero-order valence-corrected chi connectivity index (χ0v) is 11.2. The van der Waals surface area contributed by atoms with Crippen LogP contribution in [0.15, 0.2) is 16.8 Å². The number of rotatable bonds is 4. The van der Waals surface area contributed by atoms with E-state index in [4.69, 9.17) is 0 Å². The molecule has 1 atom stereocenters. The molecule has 0 fully saturated rings. The lowest BCUT2D eigenvalue weighted by Gasteiger charge is -2.15. The van der Waals surface area contributed by atoms with Gasteiger partial charge in [-0.15, -0.1) is 5.10 Å². The second-order valence-corrected chi connectivity index (χ2v) is 5.52. The molecule has 0 spiro atoms. The predicted molar refractivity (Wildman–Crippen MR) is 69.2 cm³/mol. The van der Waals surface area contributed by atoms with Crippen molar-refractivity contribution >= 4 is 22.9 Å². The van der Waals surface area contributed by atoms with E-state index in [-0.39, 0.29) is 6.04 Å². The molecule has 0 aromatic carbocycles. The van der Waals surface area contributed by atoms with Crippen molar-refractivity contribution in [3.8, 4) is 0 Å². The Morgan fingerprint density at radius 2 is 2.19 bits per heavy atom. The first-order valence-corrected chi connectivity index (χ1v) is 6.97. The third kappa shape index (κ3) is 2.16. The van der Waals surface area contributed by atoms with Gasteiger partial charge in [-0.1, -0.05) is 18.3 Å². The number of nitrogens with zero attached hydrogens (tertiary/aromatic N) is 2. The van der Waals surface area contributed by atoms with Crippen LogP contribution in [-0.4, -0.2) is 16.6 Å². The predicted octanol–water partition coefficient (Wildman–Crippen LogP) is 3.03. The molecule has 0 aliphatic rings. The molecule has 0 aliphatic carbocycles. The van der Waals surface area contributed by atoms with Crippen molar-refractivity contribution in [2.75, 3.05) is 7.05 Å². The van der Waals surface area contributed by atoms with Gasteiger partial charge in [0.1, 0.15) is 0 Å². The van der Waals surface area contributed by atoms with E-state index in [1.165, 1.54) is 22.0 Å². The van der Waals surface area contributed by atoms with Crippen molar-refractivity contribution in [1.82, 2.24) is 14.9 Å². The summed E-state index contributed by atoms with van der Waals surface area (Å²) in [4.78, 5) is 1.23. The Labute approximate surface area is 104 Å². The smallest absolute Gasteiger partial charge is 0.0832 e. The van der Waals surface area contributed by atoms with Gasteiger partial charge in [-0.05, 0) is 46.9 Å². The monoisotopic (exact) mass is 253 g/mol. The Bertz CT molecular complexity index is 434. The largest absolute Gasteiger partial charge is 0.309 e. The van der Waals surface area contributed by atoms with Gasteiger partial charge in [0, 0.05) is 0 Å². The highest BCUT2D eigenvalue weighted by Crippen LogP contribution is 2.31. The van der Waals surface area contributed by atoms with E-state index in [0.717, 1.165) is 5.69 Å². The number of hydrogen-bond acceptors (Lipinski definition) is 5. The highest BCUT2D eigenvalue weighted by molar-refractivity contribution is 7.08. The van der Waals surface area contributed by atoms with Gasteiger partial charge in [0.25, 0.3) is 0 Å². The summed E-state index contributed by atoms with van der Waals surface area (Å²) in [7, 11) is 1.98. The summed E-state index contributed by atoms with van der Waals surface area (Å²) < 4.78 is 4.08. The van der Waals surface area contributed by atoms with Crippen molar-refractivity contribution in [1.29, 1.82) is 0 Å². The van der Waals surface area contributed by atoms with Crippen LogP contribution >= 0.6 is 22.9 Å². The molecular formula is C11H15N3S2. The number of aromatic nitrogens is 2. The van der Waals surface area contributed by atoms with Crippen LogP contribution in [0, 0.1) is 0 Å². The second-order valence-electron chi connectivity index (χ2n) is 3.96. The van der Waals surface area contributed by atoms with Gasteiger partial charge in [-0.2, -0.15) is 11.3 Å². The summed E-state index contributed by atoms with van der Waals surface area (Å²) in [5.74, 6) is 0.420. The highest BCUT2D eigenvalue weighted by Gasteiger charge is 2.21. The number of thiophene rings is 1. The molecule has 86 valence electrons. The van der Waals surface area contributed by atoms with E-state index in [9.17, 15) is 0 Å². The van der Waals surface area contributed by atoms with Crippen LogP contribution in [0.3, 0.4) is 0 Å². The molecule has 16 heavy (non-hydrogen) atoms. The summed E-state index contributed by atoms with van der Waals surface area (Å²) in [5.41, 5.74) is 2.40. The highest BCUT2D eigenvalue weighted by atomic mass is 32.1. The number of hydrogen-bond donors (Lipinski definition) is 1. The van der Waals surface area contributed by atoms with E-state index in [1.807, 2.05) is 7.05 Å². The first-order chi connectivity index (χ1) is 7.74. The van der Waals surface area contributed by atoms with Crippen molar-refractivity contribution in [3.63, 3.8) is 0 Å². The van der Waals surface area contributed by atoms with Crippen LogP contribution in [0.2, 0.25) is 0 Å². The minimum Gasteiger partial charge on any atom is -0.309 e. The van der Waals surface area contributed by atoms with Gasteiger partial charge in [-0.3, -0.25) is 0 Å². The first kappa shape index (κ1) is 11.7. The molecule has 3 nitrogen and oxygen atoms in total. The molecule has 1 unspecified atom stereocenters. The summed E-state index contributed by atoms with van der Waals surface area (Å²) in [5, 5.41) is 11.8. The lowest BCUT2D eigenvalue weighted by Crippen LogP contribution is -2.17. The third-order valence-corrected chi connectivity index (χ3v) is 4.02. The van der Waals surface area contributed by atoms with E-state index in [2.05, 4.69) is 45.6 Å². The molecule has 5 heteroatoms. The van der Waals surface area contributed by atoms with Crippen LogP contribution in [0.25, 0.3) is 0 Å². The van der Waals surface area contributed by atoms with Gasteiger partial charge in [-0.25, -0.2) is 0 Å². The molecule has 2 aromatic rings. The van der Waals surface area contributed by atoms with Gasteiger partial charge in [0.05, 0.1) is 16.6 Å². The quantitative estimate of drug-likeness (QED) is 0.910. The SMILES string of the molecule is CNC(c1ccsc1)c1snnc1C(C)C. The molecule has 2 aromatic heterocycles. The minimum absolute atomic E-state index is 0.226. The van der Waals surface area contributed by atoms with E-state index >= 15 is 0 Å². The topological polar surface area (TPSA) is 37.8 Å². The molecule has 0 amide bonds. The fraction of sp³-hybridized carbons (Fsp3) is 0.455. The van der Waals surface area contributed by atoms with Crippen molar-refractivity contribution in [3.05, 3.63) is 33.0 Å². The lowest BCUT2D eigenvalue weighted by molar-refractivity contribution is 0.681. The van der Waals surface area contributed by atoms with Crippen LogP contribution in [0.1, 0.15) is 41.9 Å². The molecular weight excluding hydrogens is 238 g/mol. The van der Waals surface area contributed by atoms with Crippen LogP contribution < -0.4 is 5.32 Å². The Morgan fingerprint density at radius 1 is 1.38 bits per heavy atom. The van der Waals surface area contributed by atoms with E-state index in [0.29, 0.717) is 5.92 Å². The fourth-order valence-corrected chi connectivity index (χ4v) is 3.33. The van der Waals surface area contributed by atoms with Gasteiger partial charge < -0.3 is 5.32 Å². The van der Waals surface area contributed by atoms with Crippen molar-refractivity contribution in [2.45, 2.75) is 25.8 Å². The first-order valence-electron chi connectivity index (χ1n) is 5.25. The normalized spacial score (nSPS) is 13.2. The molecule has 0 radical (unpaired) electrons. The van der Waals surface area contributed by atoms with Crippen LogP contribution in [-0.2, 0) is 0 Å². The van der Waals surface area contributed by atoms with Crippen LogP contribution in [0.4, 0.5) is 0 Å². The molecule has 0 aliphatic heterocycles. The second kappa shape index (κ2) is 5.03. The standard InChI is InChI=1S/C11H15N3S2/c1-7(2)9-11(16-14-13-9)10(12-3)8-4-5-15-6-8/h4-7,10,12H,1-3H3. The maximum atomic E-state index is 4.23. The summed E-state index contributed by atoms with van der Waals surface area (Å²) in [6.07, 6.45) is 0. The molecule has 0 bridgehead atoms. The summed E-state index contributed by atoms with van der Waals surface area (Å²) in [6, 6.07) is 2.37. The Morgan fingerprint density at radius 3 is 2.75 bits per heavy atom. The summed E-state index contributed by atoms with van der Waals surface area (Å²) >= 11 is 3.21. The Kier molecular flexibility index (Phi) is 3.68. The third-order valence-electron chi connectivity index (χ3n) is 2.51. The fourth-order valence-electron chi connectivity index (χ4n) is 1.69. The Balaban J connectivity index is 2.37. The average Bonchev–Trinajstić information content (AvgIpc) is 2.88. The maximum Gasteiger partial charge on any atom is 0.0832 e. The molecule has 0 saturated heterocycles. The van der Waals surface area contributed by atoms with Crippen molar-refractivity contribution < 1.29 is 0 Å². The minimum atomic E-state index is 0.226. The zero-order chi connectivity index (χ0) is 11.5. The summed E-state index contributed by atoms with van der Waals surface area (Å²) in [6.45, 7) is 4.31. The number of nitrogens with one attached hydrogen (secondary N) is 1. The van der Waals surface area contributed by atoms with E-state index in [1.54, 1.807) is 11.3 Å². The van der Waals surface area contributed by atoms with Gasteiger partial charge in [0.2, 0.25) is 0 Å².